The van der Waals surface area contributed by atoms with Crippen LogP contribution in [0.15, 0.2) is 147 Å². The van der Waals surface area contributed by atoms with Crippen molar-refractivity contribution in [3.05, 3.63) is 147 Å². The molecule has 0 saturated heterocycles. The number of hydrogen-bond donors (Lipinski definition) is 0. The molecule has 0 amide bonds. The van der Waals surface area contributed by atoms with Crippen LogP contribution in [0.4, 0.5) is 0 Å². The number of halogens is 1. The van der Waals surface area contributed by atoms with Gasteiger partial charge in [0.25, 0.3) is 0 Å². The molecule has 1 aromatic carbocycles. The Morgan fingerprint density at radius 2 is 1.15 bits per heavy atom. The van der Waals surface area contributed by atoms with Crippen LogP contribution in [0, 0.1) is 10.8 Å². The first-order valence-corrected chi connectivity index (χ1v) is 21.2. The van der Waals surface area contributed by atoms with E-state index in [1.807, 2.05) is 50.3 Å². The summed E-state index contributed by atoms with van der Waals surface area (Å²) in [6, 6.07) is 6.08. The van der Waals surface area contributed by atoms with E-state index in [4.69, 9.17) is 16.3 Å². The Balaban J connectivity index is 1.95. The number of carbonyl (C=O) groups is 1. The fourth-order valence-corrected chi connectivity index (χ4v) is 9.26. The Labute approximate surface area is 332 Å². The molecule has 2 aliphatic carbocycles. The molecule has 0 heterocycles. The van der Waals surface area contributed by atoms with Gasteiger partial charge in [0, 0.05) is 11.9 Å². The average molecular weight is 772 g/mol. The largest absolute Gasteiger partial charge is 0.457 e. The van der Waals surface area contributed by atoms with Crippen LogP contribution in [0.5, 0.6) is 0 Å². The maximum atomic E-state index is 14.3. The second-order valence-corrected chi connectivity index (χ2v) is 19.0. The van der Waals surface area contributed by atoms with Crippen molar-refractivity contribution in [3.8, 4) is 0 Å². The van der Waals surface area contributed by atoms with Crippen molar-refractivity contribution < 1.29 is 17.9 Å². The van der Waals surface area contributed by atoms with E-state index in [9.17, 15) is 13.2 Å². The zero-order valence-corrected chi connectivity index (χ0v) is 36.1. The Hall–Kier alpha value is -3.67. The summed E-state index contributed by atoms with van der Waals surface area (Å²) in [6.07, 6.45) is 29.8. The zero-order chi connectivity index (χ0) is 40.3. The quantitative estimate of drug-likeness (QED) is 0.140. The molecule has 0 fully saturated rings. The van der Waals surface area contributed by atoms with Gasteiger partial charge in [-0.2, -0.15) is 0 Å². The molecular weight excluding hydrogens is 708 g/mol. The summed E-state index contributed by atoms with van der Waals surface area (Å²) in [5.41, 5.74) is 9.70. The molecule has 2 atom stereocenters. The Morgan fingerprint density at radius 3 is 1.57 bits per heavy atom. The lowest BCUT2D eigenvalue weighted by Crippen LogP contribution is -2.35. The number of esters is 1. The second kappa shape index (κ2) is 19.8. The standard InChI is InChI=1S/C48H63ClO4S/c1-34(22-28-43-38(5)20-14-30-47(43,8)9)16-12-18-36(3)32-45(53-40(7)50)46(54(51,52)42-26-24-41(49)25-27-42)33-37(4)19-13-17-35(2)23-29-44-39(6)21-15-31-48(44,10)11/h12-13,16-19,22-29,32-33,45-46H,14-15,20-21,30-31H2,1-11H3/b18-12+,19-13+,28-22+,29-23+,34-16+,35-17+,36-32+,37-33+. The topological polar surface area (TPSA) is 60.4 Å². The lowest BCUT2D eigenvalue weighted by atomic mass is 9.72. The van der Waals surface area contributed by atoms with Crippen LogP contribution in [0.2, 0.25) is 5.02 Å². The summed E-state index contributed by atoms with van der Waals surface area (Å²) in [4.78, 5) is 12.5. The number of carbonyl (C=O) groups excluding carboxylic acids is 1. The maximum absolute atomic E-state index is 14.3. The molecule has 2 unspecified atom stereocenters. The Kier molecular flexibility index (Phi) is 16.4. The van der Waals surface area contributed by atoms with E-state index in [0.29, 0.717) is 10.6 Å². The molecule has 54 heavy (non-hydrogen) atoms. The highest BCUT2D eigenvalue weighted by Gasteiger charge is 2.34. The average Bonchev–Trinajstić information content (AvgIpc) is 3.06. The van der Waals surface area contributed by atoms with E-state index in [2.05, 4.69) is 79.7 Å². The molecule has 0 aliphatic heterocycles. The Bertz CT molecular complexity index is 1930. The van der Waals surface area contributed by atoms with Crippen molar-refractivity contribution in [2.24, 2.45) is 10.8 Å². The van der Waals surface area contributed by atoms with Crippen molar-refractivity contribution in [3.63, 3.8) is 0 Å². The number of hydrogen-bond acceptors (Lipinski definition) is 4. The highest BCUT2D eigenvalue weighted by Crippen LogP contribution is 2.42. The summed E-state index contributed by atoms with van der Waals surface area (Å²) in [5.74, 6) is -0.570. The minimum atomic E-state index is -4.02. The lowest BCUT2D eigenvalue weighted by Gasteiger charge is -2.33. The Morgan fingerprint density at radius 1 is 0.704 bits per heavy atom. The minimum Gasteiger partial charge on any atom is -0.457 e. The van der Waals surface area contributed by atoms with E-state index in [-0.39, 0.29) is 15.7 Å². The number of rotatable bonds is 14. The van der Waals surface area contributed by atoms with Gasteiger partial charge >= 0.3 is 5.97 Å². The first-order valence-electron chi connectivity index (χ1n) is 19.2. The third-order valence-corrected chi connectivity index (χ3v) is 12.8. The second-order valence-electron chi connectivity index (χ2n) is 16.4. The molecule has 6 heteroatoms. The van der Waals surface area contributed by atoms with Gasteiger partial charge in [0.1, 0.15) is 11.4 Å². The van der Waals surface area contributed by atoms with Crippen LogP contribution >= 0.6 is 11.6 Å². The zero-order valence-electron chi connectivity index (χ0n) is 34.6. The number of allylic oxidation sites excluding steroid dienone is 18. The molecule has 0 saturated carbocycles. The molecule has 2 aliphatic rings. The van der Waals surface area contributed by atoms with E-state index < -0.39 is 27.2 Å². The monoisotopic (exact) mass is 770 g/mol. The fourth-order valence-electron chi connectivity index (χ4n) is 7.42. The molecule has 0 aromatic heterocycles. The smallest absolute Gasteiger partial charge is 0.303 e. The van der Waals surface area contributed by atoms with Crippen LogP contribution in [0.25, 0.3) is 0 Å². The fraction of sp³-hybridized carbons (Fsp3) is 0.438. The summed E-state index contributed by atoms with van der Waals surface area (Å²) < 4.78 is 34.3. The normalized spacial score (nSPS) is 20.5. The number of ether oxygens (including phenoxy) is 1. The van der Waals surface area contributed by atoms with E-state index in [0.717, 1.165) is 29.6 Å². The minimum absolute atomic E-state index is 0.0941. The molecule has 3 rings (SSSR count). The maximum Gasteiger partial charge on any atom is 0.303 e. The van der Waals surface area contributed by atoms with E-state index in [1.54, 1.807) is 24.3 Å². The van der Waals surface area contributed by atoms with Crippen molar-refractivity contribution >= 4 is 27.4 Å². The van der Waals surface area contributed by atoms with E-state index in [1.165, 1.54) is 67.0 Å². The van der Waals surface area contributed by atoms with Crippen molar-refractivity contribution in [2.75, 3.05) is 0 Å². The molecule has 0 N–H and O–H groups in total. The van der Waals surface area contributed by atoms with Gasteiger partial charge < -0.3 is 4.74 Å². The molecule has 4 nitrogen and oxygen atoms in total. The number of sulfone groups is 1. The van der Waals surface area contributed by atoms with Crippen LogP contribution < -0.4 is 0 Å². The van der Waals surface area contributed by atoms with Gasteiger partial charge in [-0.15, -0.1) is 0 Å². The molecule has 1 aromatic rings. The molecule has 0 radical (unpaired) electrons. The summed E-state index contributed by atoms with van der Waals surface area (Å²) >= 11 is 6.12. The highest BCUT2D eigenvalue weighted by molar-refractivity contribution is 7.92. The predicted molar refractivity (Wildman–Crippen MR) is 230 cm³/mol. The van der Waals surface area contributed by atoms with Crippen LogP contribution in [-0.4, -0.2) is 25.7 Å². The van der Waals surface area contributed by atoms with Gasteiger partial charge in [0.2, 0.25) is 0 Å². The molecular formula is C48H63ClO4S. The van der Waals surface area contributed by atoms with Gasteiger partial charge in [-0.3, -0.25) is 4.79 Å². The van der Waals surface area contributed by atoms with Crippen molar-refractivity contribution in [1.29, 1.82) is 0 Å². The molecule has 0 bridgehead atoms. The van der Waals surface area contributed by atoms with Crippen molar-refractivity contribution in [1.82, 2.24) is 0 Å². The lowest BCUT2D eigenvalue weighted by molar-refractivity contribution is -0.143. The van der Waals surface area contributed by atoms with Gasteiger partial charge in [-0.05, 0) is 132 Å². The van der Waals surface area contributed by atoms with Gasteiger partial charge in [0.15, 0.2) is 9.84 Å². The summed E-state index contributed by atoms with van der Waals surface area (Å²) in [6.45, 7) is 22.8. The molecule has 0 spiro atoms. The SMILES string of the molecule is CC(=O)OC(/C=C(C)/C=C/C=C(C)/C=C/C1=C(C)CCCC1(C)C)C(/C=C(C)/C=C/C=C(C)/C=C/C1=C(C)CCCC1(C)C)S(=O)(=O)c1ccc(Cl)cc1. The third-order valence-electron chi connectivity index (χ3n) is 10.5. The first-order chi connectivity index (χ1) is 25.2. The highest BCUT2D eigenvalue weighted by atomic mass is 35.5. The van der Waals surface area contributed by atoms with Gasteiger partial charge in [0.05, 0.1) is 4.90 Å². The van der Waals surface area contributed by atoms with Crippen LogP contribution in [-0.2, 0) is 19.4 Å². The third kappa shape index (κ3) is 13.3. The van der Waals surface area contributed by atoms with E-state index >= 15 is 0 Å². The van der Waals surface area contributed by atoms with Crippen molar-refractivity contribution in [2.45, 2.75) is 131 Å². The summed E-state index contributed by atoms with van der Waals surface area (Å²) in [5, 5.41) is -0.764. The molecule has 292 valence electrons. The van der Waals surface area contributed by atoms with Gasteiger partial charge in [-0.25, -0.2) is 8.42 Å². The summed E-state index contributed by atoms with van der Waals surface area (Å²) in [7, 11) is -4.02. The van der Waals surface area contributed by atoms with Crippen LogP contribution in [0.1, 0.15) is 115 Å². The number of benzene rings is 1. The predicted octanol–water partition coefficient (Wildman–Crippen LogP) is 13.5. The first kappa shape index (κ1) is 44.7. The van der Waals surface area contributed by atoms with Crippen LogP contribution in [0.3, 0.4) is 0 Å². The van der Waals surface area contributed by atoms with Gasteiger partial charge in [-0.1, -0.05) is 140 Å².